The van der Waals surface area contributed by atoms with E-state index in [1.807, 2.05) is 0 Å². The predicted molar refractivity (Wildman–Crippen MR) is 30.4 cm³/mol. The average Bonchev–Trinajstić information content (AvgIpc) is 2.11. The fourth-order valence-electron chi connectivity index (χ4n) is 0.772. The first-order valence-corrected chi connectivity index (χ1v) is 2.86. The number of alkyl halides is 3. The Labute approximate surface area is 56.3 Å². The molecule has 0 aromatic rings. The molecule has 0 atom stereocenters. The van der Waals surface area contributed by atoms with Crippen molar-refractivity contribution in [2.75, 3.05) is 13.6 Å². The zero-order valence-electron chi connectivity index (χ0n) is 5.44. The minimum atomic E-state index is -4.23. The number of hydrazone groups is 1. The maximum Gasteiger partial charge on any atom is 0.483 e. The van der Waals surface area contributed by atoms with Crippen LogP contribution in [0.3, 0.4) is 0 Å². The molecule has 0 bridgehead atoms. The molecule has 1 rings (SSSR count). The number of hydrogen-bond acceptors (Lipinski definition) is 2. The van der Waals surface area contributed by atoms with E-state index < -0.39 is 11.9 Å². The van der Waals surface area contributed by atoms with Crippen molar-refractivity contribution in [2.45, 2.75) is 12.6 Å². The molecule has 0 unspecified atom stereocenters. The number of nitrogens with zero attached hydrogens (tertiary/aromatic N) is 2. The van der Waals surface area contributed by atoms with E-state index in [-0.39, 0.29) is 6.42 Å². The fourth-order valence-corrected chi connectivity index (χ4v) is 0.772. The molecular formula is C5H7F3N2+. The molecule has 57 valence electrons. The first-order chi connectivity index (χ1) is 4.50. The standard InChI is InChI=1S/C5H7F3N2/c1-10-3-2-4(9-10)5(6,7)8/h2-3H2,1H3/q+1. The summed E-state index contributed by atoms with van der Waals surface area (Å²) in [5, 5.41) is 4.58. The van der Waals surface area contributed by atoms with Gasteiger partial charge in [0.15, 0.2) is 5.10 Å². The van der Waals surface area contributed by atoms with Crippen LogP contribution in [0.1, 0.15) is 6.42 Å². The molecule has 1 aliphatic heterocycles. The first kappa shape index (κ1) is 7.37. The number of hydrogen-bond donors (Lipinski definition) is 0. The molecule has 0 N–H and O–H groups in total. The highest BCUT2D eigenvalue weighted by atomic mass is 19.4. The highest BCUT2D eigenvalue weighted by Crippen LogP contribution is 2.19. The highest BCUT2D eigenvalue weighted by Gasteiger charge is 2.48. The lowest BCUT2D eigenvalue weighted by atomic mass is 10.3. The molecule has 1 heterocycles. The van der Waals surface area contributed by atoms with Crippen molar-refractivity contribution in [2.24, 2.45) is 0 Å². The second-order valence-corrected chi connectivity index (χ2v) is 2.18. The summed E-state index contributed by atoms with van der Waals surface area (Å²) in [6.45, 7) is 0.370. The second-order valence-electron chi connectivity index (χ2n) is 2.18. The predicted octanol–water partition coefficient (Wildman–Crippen LogP) is 0.576. The van der Waals surface area contributed by atoms with Crippen LogP contribution in [0.25, 0.3) is 0 Å². The van der Waals surface area contributed by atoms with Gasteiger partial charge in [-0.1, -0.05) is 0 Å². The van der Waals surface area contributed by atoms with Crippen molar-refractivity contribution >= 4 is 5.71 Å². The van der Waals surface area contributed by atoms with Gasteiger partial charge in [-0.2, -0.15) is 13.2 Å². The van der Waals surface area contributed by atoms with Crippen LogP contribution in [0.4, 0.5) is 13.2 Å². The van der Waals surface area contributed by atoms with Crippen LogP contribution in [0.15, 0.2) is 0 Å². The summed E-state index contributed by atoms with van der Waals surface area (Å²) < 4.78 is 35.3. The smallest absolute Gasteiger partial charge is 0.161 e. The van der Waals surface area contributed by atoms with Crippen molar-refractivity contribution in [3.63, 3.8) is 0 Å². The Bertz CT molecular complexity index is 161. The normalized spacial score (nSPS) is 19.6. The largest absolute Gasteiger partial charge is 0.483 e. The van der Waals surface area contributed by atoms with E-state index in [1.54, 1.807) is 0 Å². The quantitative estimate of drug-likeness (QED) is 0.496. The summed E-state index contributed by atoms with van der Waals surface area (Å²) >= 11 is 0. The average molecular weight is 152 g/mol. The van der Waals surface area contributed by atoms with Gasteiger partial charge < -0.3 is 0 Å². The van der Waals surface area contributed by atoms with Crippen LogP contribution >= 0.6 is 0 Å². The molecule has 0 aromatic carbocycles. The molecule has 0 saturated carbocycles. The Morgan fingerprint density at radius 2 is 2.10 bits per heavy atom. The summed E-state index contributed by atoms with van der Waals surface area (Å²) in [7, 11) is 1.53. The third-order valence-corrected chi connectivity index (χ3v) is 1.29. The lowest BCUT2D eigenvalue weighted by Crippen LogP contribution is -2.25. The van der Waals surface area contributed by atoms with Crippen molar-refractivity contribution in [1.82, 2.24) is 10.1 Å². The zero-order valence-corrected chi connectivity index (χ0v) is 5.44. The van der Waals surface area contributed by atoms with Crippen LogP contribution in [0.2, 0.25) is 0 Å². The van der Waals surface area contributed by atoms with E-state index in [4.69, 9.17) is 0 Å². The van der Waals surface area contributed by atoms with Gasteiger partial charge in [0.2, 0.25) is 0 Å². The van der Waals surface area contributed by atoms with E-state index in [0.29, 0.717) is 6.54 Å². The molecule has 0 spiro atoms. The molecule has 0 amide bonds. The molecule has 0 saturated heterocycles. The summed E-state index contributed by atoms with van der Waals surface area (Å²) in [4.78, 5) is 0. The van der Waals surface area contributed by atoms with Crippen LogP contribution in [0, 0.1) is 0 Å². The van der Waals surface area contributed by atoms with Gasteiger partial charge in [0.1, 0.15) is 0 Å². The molecule has 0 aliphatic carbocycles. The molecule has 2 nitrogen and oxygen atoms in total. The Kier molecular flexibility index (Phi) is 1.58. The van der Waals surface area contributed by atoms with Gasteiger partial charge >= 0.3 is 11.9 Å². The van der Waals surface area contributed by atoms with E-state index in [9.17, 15) is 13.2 Å². The molecular weight excluding hydrogens is 145 g/mol. The minimum Gasteiger partial charge on any atom is -0.161 e. The summed E-state index contributed by atoms with van der Waals surface area (Å²) in [5.41, 5.74) is -0.671. The Balaban J connectivity index is 2.67. The van der Waals surface area contributed by atoms with Crippen LogP contribution in [-0.2, 0) is 0 Å². The summed E-state index contributed by atoms with van der Waals surface area (Å²) in [5.74, 6) is 0. The molecule has 10 heavy (non-hydrogen) atoms. The van der Waals surface area contributed by atoms with Gasteiger partial charge in [-0.3, -0.25) is 0 Å². The zero-order chi connectivity index (χ0) is 7.78. The molecule has 5 heteroatoms. The van der Waals surface area contributed by atoms with Gasteiger partial charge in [0.05, 0.1) is 20.0 Å². The first-order valence-electron chi connectivity index (χ1n) is 2.86. The molecule has 0 fully saturated rings. The van der Waals surface area contributed by atoms with Crippen molar-refractivity contribution in [3.05, 3.63) is 0 Å². The minimum absolute atomic E-state index is 0.0139. The van der Waals surface area contributed by atoms with Gasteiger partial charge in [-0.05, 0) is 0 Å². The van der Waals surface area contributed by atoms with Crippen LogP contribution in [-0.4, -0.2) is 30.5 Å². The van der Waals surface area contributed by atoms with Crippen molar-refractivity contribution < 1.29 is 13.2 Å². The van der Waals surface area contributed by atoms with E-state index in [2.05, 4.69) is 5.10 Å². The summed E-state index contributed by atoms with van der Waals surface area (Å²) in [6, 6.07) is 0. The maximum absolute atomic E-state index is 11.8. The van der Waals surface area contributed by atoms with E-state index in [0.717, 1.165) is 0 Å². The fraction of sp³-hybridized carbons (Fsp3) is 0.800. The van der Waals surface area contributed by atoms with Gasteiger partial charge in [-0.15, -0.1) is 5.01 Å². The van der Waals surface area contributed by atoms with Crippen LogP contribution < -0.4 is 5.10 Å². The van der Waals surface area contributed by atoms with E-state index in [1.165, 1.54) is 12.1 Å². The van der Waals surface area contributed by atoms with Gasteiger partial charge in [-0.25, -0.2) is 0 Å². The Morgan fingerprint density at radius 1 is 1.50 bits per heavy atom. The monoisotopic (exact) mass is 152 g/mol. The van der Waals surface area contributed by atoms with Crippen molar-refractivity contribution in [1.29, 1.82) is 0 Å². The highest BCUT2D eigenvalue weighted by molar-refractivity contribution is 5.89. The topological polar surface area (TPSA) is 17.3 Å². The van der Waals surface area contributed by atoms with Crippen molar-refractivity contribution in [3.8, 4) is 0 Å². The number of rotatable bonds is 0. The lowest BCUT2D eigenvalue weighted by molar-refractivity contribution is -0.0607. The van der Waals surface area contributed by atoms with E-state index >= 15 is 0 Å². The summed E-state index contributed by atoms with van der Waals surface area (Å²) in [6.07, 6.45) is -4.22. The van der Waals surface area contributed by atoms with Gasteiger partial charge in [0.25, 0.3) is 0 Å². The molecule has 1 aliphatic rings. The molecule has 1 radical (unpaired) electrons. The van der Waals surface area contributed by atoms with Crippen LogP contribution in [0.5, 0.6) is 0 Å². The number of halogens is 3. The third-order valence-electron chi connectivity index (χ3n) is 1.29. The third kappa shape index (κ3) is 1.40. The Morgan fingerprint density at radius 3 is 2.30 bits per heavy atom. The SMILES string of the molecule is CN1CCC(C(F)(F)F)=[N+]1. The molecule has 0 aromatic heterocycles. The Hall–Kier alpha value is -0.740. The second kappa shape index (κ2) is 2.14. The van der Waals surface area contributed by atoms with Gasteiger partial charge in [0, 0.05) is 0 Å². The lowest BCUT2D eigenvalue weighted by Gasteiger charge is -1.93. The maximum atomic E-state index is 11.8.